The zero-order valence-corrected chi connectivity index (χ0v) is 18.2. The average Bonchev–Trinajstić information content (AvgIpc) is 2.72. The molecule has 2 rings (SSSR count). The van der Waals surface area contributed by atoms with Crippen LogP contribution in [0.25, 0.3) is 0 Å². The van der Waals surface area contributed by atoms with Gasteiger partial charge in [0.05, 0.1) is 11.6 Å². The van der Waals surface area contributed by atoms with Crippen LogP contribution in [0.3, 0.4) is 0 Å². The van der Waals surface area contributed by atoms with Crippen molar-refractivity contribution in [3.8, 4) is 0 Å². The summed E-state index contributed by atoms with van der Waals surface area (Å²) < 4.78 is 27.0. The molecular formula is C21H26ClN3O3S. The SMILES string of the molecule is C=CCN(C(=O)CNc1ccc(Cl)c(S(=O)(=O)N(CC)CC)c1)c1ccccc1. The number of amides is 1. The third kappa shape index (κ3) is 5.59. The van der Waals surface area contributed by atoms with Crippen molar-refractivity contribution >= 4 is 38.9 Å². The van der Waals surface area contributed by atoms with Gasteiger partial charge in [-0.1, -0.05) is 49.7 Å². The summed E-state index contributed by atoms with van der Waals surface area (Å²) in [4.78, 5) is 14.3. The summed E-state index contributed by atoms with van der Waals surface area (Å²) >= 11 is 6.15. The minimum Gasteiger partial charge on any atom is -0.376 e. The maximum Gasteiger partial charge on any atom is 0.246 e. The normalized spacial score (nSPS) is 11.3. The van der Waals surface area contributed by atoms with Crippen LogP contribution in [0.1, 0.15) is 13.8 Å². The van der Waals surface area contributed by atoms with E-state index < -0.39 is 10.0 Å². The van der Waals surface area contributed by atoms with Gasteiger partial charge in [0.15, 0.2) is 0 Å². The number of nitrogens with one attached hydrogen (secondary N) is 1. The maximum absolute atomic E-state index is 12.8. The summed E-state index contributed by atoms with van der Waals surface area (Å²) in [7, 11) is -3.71. The van der Waals surface area contributed by atoms with E-state index >= 15 is 0 Å². The monoisotopic (exact) mass is 435 g/mol. The second kappa shape index (κ2) is 10.4. The van der Waals surface area contributed by atoms with Gasteiger partial charge in [0.25, 0.3) is 0 Å². The van der Waals surface area contributed by atoms with Crippen molar-refractivity contribution in [2.75, 3.05) is 36.4 Å². The van der Waals surface area contributed by atoms with Crippen molar-refractivity contribution in [3.05, 3.63) is 66.2 Å². The van der Waals surface area contributed by atoms with Gasteiger partial charge >= 0.3 is 0 Å². The fourth-order valence-electron chi connectivity index (χ4n) is 2.87. The predicted octanol–water partition coefficient (Wildman–Crippen LogP) is 4.00. The Bertz CT molecular complexity index is 945. The number of hydrogen-bond acceptors (Lipinski definition) is 4. The lowest BCUT2D eigenvalue weighted by atomic mass is 10.2. The largest absolute Gasteiger partial charge is 0.376 e. The second-order valence-corrected chi connectivity index (χ2v) is 8.53. The molecule has 0 spiro atoms. The number of anilines is 2. The maximum atomic E-state index is 12.8. The molecule has 0 aliphatic carbocycles. The van der Waals surface area contributed by atoms with Crippen LogP contribution < -0.4 is 10.2 Å². The van der Waals surface area contributed by atoms with Gasteiger partial charge in [-0.3, -0.25) is 4.79 Å². The molecule has 156 valence electrons. The number of carbonyl (C=O) groups excluding carboxylic acids is 1. The van der Waals surface area contributed by atoms with E-state index in [0.717, 1.165) is 5.69 Å². The van der Waals surface area contributed by atoms with Crippen LogP contribution in [-0.2, 0) is 14.8 Å². The lowest BCUT2D eigenvalue weighted by Gasteiger charge is -2.22. The van der Waals surface area contributed by atoms with Crippen LogP contribution in [0, 0.1) is 0 Å². The molecule has 0 aliphatic heterocycles. The zero-order chi connectivity index (χ0) is 21.4. The summed E-state index contributed by atoms with van der Waals surface area (Å²) in [6.07, 6.45) is 1.65. The van der Waals surface area contributed by atoms with Gasteiger partial charge < -0.3 is 10.2 Å². The first kappa shape index (κ1) is 22.9. The van der Waals surface area contributed by atoms with Crippen LogP contribution in [0.4, 0.5) is 11.4 Å². The highest BCUT2D eigenvalue weighted by atomic mass is 35.5. The molecule has 6 nitrogen and oxygen atoms in total. The minimum atomic E-state index is -3.71. The molecule has 0 atom stereocenters. The highest BCUT2D eigenvalue weighted by Crippen LogP contribution is 2.27. The van der Waals surface area contributed by atoms with Gasteiger partial charge in [0.2, 0.25) is 15.9 Å². The molecule has 2 aromatic rings. The molecule has 1 N–H and O–H groups in total. The summed E-state index contributed by atoms with van der Waals surface area (Å²) in [5.74, 6) is -0.167. The van der Waals surface area contributed by atoms with Crippen molar-refractivity contribution in [2.24, 2.45) is 0 Å². The highest BCUT2D eigenvalue weighted by Gasteiger charge is 2.25. The van der Waals surface area contributed by atoms with E-state index in [1.807, 2.05) is 30.3 Å². The predicted molar refractivity (Wildman–Crippen MR) is 119 cm³/mol. The van der Waals surface area contributed by atoms with Gasteiger partial charge in [-0.2, -0.15) is 4.31 Å². The smallest absolute Gasteiger partial charge is 0.246 e. The van der Waals surface area contributed by atoms with Gasteiger partial charge in [0.1, 0.15) is 4.90 Å². The fourth-order valence-corrected chi connectivity index (χ4v) is 4.83. The average molecular weight is 436 g/mol. The lowest BCUT2D eigenvalue weighted by molar-refractivity contribution is -0.116. The summed E-state index contributed by atoms with van der Waals surface area (Å²) in [6.45, 7) is 8.31. The minimum absolute atomic E-state index is 0.00484. The van der Waals surface area contributed by atoms with Crippen molar-refractivity contribution in [1.82, 2.24) is 4.31 Å². The first-order chi connectivity index (χ1) is 13.8. The Hall–Kier alpha value is -2.35. The molecule has 0 bridgehead atoms. The molecule has 0 unspecified atom stereocenters. The Morgan fingerprint density at radius 3 is 2.38 bits per heavy atom. The van der Waals surface area contributed by atoms with E-state index in [4.69, 9.17) is 11.6 Å². The van der Waals surface area contributed by atoms with E-state index in [1.165, 1.54) is 16.4 Å². The molecule has 2 aromatic carbocycles. The molecule has 29 heavy (non-hydrogen) atoms. The lowest BCUT2D eigenvalue weighted by Crippen LogP contribution is -2.35. The Balaban J connectivity index is 2.20. The molecule has 8 heteroatoms. The number of halogens is 1. The van der Waals surface area contributed by atoms with Gasteiger partial charge in [-0.25, -0.2) is 8.42 Å². The molecule has 1 amide bonds. The van der Waals surface area contributed by atoms with Gasteiger partial charge in [-0.15, -0.1) is 6.58 Å². The van der Waals surface area contributed by atoms with Crippen LogP contribution >= 0.6 is 11.6 Å². The standard InChI is InChI=1S/C21H26ClN3O3S/c1-4-14-25(18-10-8-7-9-11-18)21(26)16-23-17-12-13-19(22)20(15-17)29(27,28)24(5-2)6-3/h4,7-13,15,23H,1,5-6,14,16H2,2-3H3. The second-order valence-electron chi connectivity index (χ2n) is 6.22. The van der Waals surface area contributed by atoms with Gasteiger partial charge in [-0.05, 0) is 30.3 Å². The molecule has 0 fully saturated rings. The number of para-hydroxylation sites is 1. The number of benzene rings is 2. The highest BCUT2D eigenvalue weighted by molar-refractivity contribution is 7.89. The Labute approximate surface area is 177 Å². The third-order valence-corrected chi connectivity index (χ3v) is 6.91. The topological polar surface area (TPSA) is 69.7 Å². The van der Waals surface area contributed by atoms with Crippen molar-refractivity contribution in [3.63, 3.8) is 0 Å². The number of rotatable bonds is 10. The van der Waals surface area contributed by atoms with E-state index in [1.54, 1.807) is 30.9 Å². The Kier molecular flexibility index (Phi) is 8.25. The number of hydrogen-bond donors (Lipinski definition) is 1. The quantitative estimate of drug-likeness (QED) is 0.572. The van der Waals surface area contributed by atoms with Crippen LogP contribution in [0.15, 0.2) is 66.1 Å². The number of nitrogens with zero attached hydrogens (tertiary/aromatic N) is 2. The molecule has 0 heterocycles. The molecule has 0 aromatic heterocycles. The fraction of sp³-hybridized carbons (Fsp3) is 0.286. The van der Waals surface area contributed by atoms with Crippen LogP contribution in [0.2, 0.25) is 5.02 Å². The molecule has 0 saturated heterocycles. The summed E-state index contributed by atoms with van der Waals surface area (Å²) in [6, 6.07) is 13.9. The number of sulfonamides is 1. The zero-order valence-electron chi connectivity index (χ0n) is 16.6. The van der Waals surface area contributed by atoms with E-state index in [2.05, 4.69) is 11.9 Å². The summed E-state index contributed by atoms with van der Waals surface area (Å²) in [5, 5.41) is 3.15. The van der Waals surface area contributed by atoms with Gasteiger partial charge in [0, 0.05) is 31.0 Å². The Morgan fingerprint density at radius 1 is 1.14 bits per heavy atom. The van der Waals surface area contributed by atoms with E-state index in [-0.39, 0.29) is 22.4 Å². The van der Waals surface area contributed by atoms with Crippen molar-refractivity contribution < 1.29 is 13.2 Å². The van der Waals surface area contributed by atoms with Crippen LogP contribution in [-0.4, -0.2) is 44.8 Å². The first-order valence-electron chi connectivity index (χ1n) is 9.35. The van der Waals surface area contributed by atoms with E-state index in [0.29, 0.717) is 25.3 Å². The Morgan fingerprint density at radius 2 is 1.79 bits per heavy atom. The number of carbonyl (C=O) groups is 1. The summed E-state index contributed by atoms with van der Waals surface area (Å²) in [5.41, 5.74) is 1.26. The molecule has 0 aliphatic rings. The van der Waals surface area contributed by atoms with Crippen molar-refractivity contribution in [1.29, 1.82) is 0 Å². The third-order valence-electron chi connectivity index (χ3n) is 4.38. The molecular weight excluding hydrogens is 410 g/mol. The van der Waals surface area contributed by atoms with E-state index in [9.17, 15) is 13.2 Å². The van der Waals surface area contributed by atoms with Crippen molar-refractivity contribution in [2.45, 2.75) is 18.7 Å². The molecule has 0 saturated carbocycles. The van der Waals surface area contributed by atoms with Crippen LogP contribution in [0.5, 0.6) is 0 Å². The molecule has 0 radical (unpaired) electrons. The first-order valence-corrected chi connectivity index (χ1v) is 11.2.